The molecule has 9 nitrogen and oxygen atoms in total. The summed E-state index contributed by atoms with van der Waals surface area (Å²) in [6.07, 6.45) is -8.13. The Morgan fingerprint density at radius 3 is 1.22 bits per heavy atom. The molecule has 0 atom stereocenters. The first-order valence-corrected chi connectivity index (χ1v) is 41.3. The van der Waals surface area contributed by atoms with Gasteiger partial charge in [-0.2, -0.15) is 49.7 Å². The van der Waals surface area contributed by atoms with Gasteiger partial charge >= 0.3 is 36.8 Å². The third kappa shape index (κ3) is 72.3. The average molecular weight is 1640 g/mol. The molecule has 3 aromatic carbocycles. The highest BCUT2D eigenvalue weighted by atomic mass is 32.2. The van der Waals surface area contributed by atoms with Gasteiger partial charge in [0.1, 0.15) is 21.3 Å². The molecule has 24 heteroatoms. The number of esters is 1. The van der Waals surface area contributed by atoms with Crippen molar-refractivity contribution in [2.75, 3.05) is 6.26 Å². The van der Waals surface area contributed by atoms with E-state index < -0.39 is 71.5 Å². The smallest absolute Gasteiger partial charge is 0.416 e. The lowest BCUT2D eigenvalue weighted by molar-refractivity contribution is -0.158. The Balaban J connectivity index is -0.000000278. The van der Waals surface area contributed by atoms with Gasteiger partial charge in [-0.1, -0.05) is 208 Å². The van der Waals surface area contributed by atoms with E-state index in [0.717, 1.165) is 67.4 Å². The Morgan fingerprint density at radius 2 is 0.938 bits per heavy atom. The molecule has 0 bridgehead atoms. The van der Waals surface area contributed by atoms with E-state index in [9.17, 15) is 79.5 Å². The minimum absolute atomic E-state index is 0.0285. The van der Waals surface area contributed by atoms with Crippen molar-refractivity contribution in [2.24, 2.45) is 64.6 Å². The van der Waals surface area contributed by atoms with Crippen LogP contribution in [0.1, 0.15) is 293 Å². The van der Waals surface area contributed by atoms with Crippen molar-refractivity contribution < 1.29 is 84.2 Å². The maximum Gasteiger partial charge on any atom is 0.416 e. The van der Waals surface area contributed by atoms with Crippen LogP contribution in [-0.2, 0) is 69.1 Å². The van der Waals surface area contributed by atoms with Gasteiger partial charge < -0.3 is 15.0 Å². The maximum absolute atomic E-state index is 12.9. The van der Waals surface area contributed by atoms with Crippen molar-refractivity contribution in [1.29, 1.82) is 0 Å². The number of nitrogens with zero attached hydrogens (tertiary/aromatic N) is 3. The molecular formula is C88H150F14N4O5S. The maximum atomic E-state index is 12.9. The summed E-state index contributed by atoms with van der Waals surface area (Å²) >= 11 is 0. The van der Waals surface area contributed by atoms with Gasteiger partial charge in [0, 0.05) is 63.3 Å². The molecule has 1 aromatic heterocycles. The van der Waals surface area contributed by atoms with Crippen molar-refractivity contribution in [3.8, 4) is 0 Å². The molecule has 0 spiro atoms. The number of halogens is 14. The van der Waals surface area contributed by atoms with Crippen LogP contribution in [-0.4, -0.2) is 89.3 Å². The van der Waals surface area contributed by atoms with Gasteiger partial charge in [-0.05, 0) is 211 Å². The van der Waals surface area contributed by atoms with Crippen LogP contribution in [0.4, 0.5) is 61.5 Å². The number of ether oxygens (including phenoxy) is 1. The van der Waals surface area contributed by atoms with E-state index in [1.807, 2.05) is 77.8 Å². The fourth-order valence-corrected chi connectivity index (χ4v) is 8.94. The van der Waals surface area contributed by atoms with E-state index in [1.54, 1.807) is 71.5 Å². The molecule has 5 rings (SSSR count). The summed E-state index contributed by atoms with van der Waals surface area (Å²) in [4.78, 5) is 24.7. The highest BCUT2D eigenvalue weighted by Gasteiger charge is 2.41. The van der Waals surface area contributed by atoms with Gasteiger partial charge in [-0.25, -0.2) is 30.4 Å². The quantitative estimate of drug-likeness (QED) is 0.0687. The molecule has 0 aliphatic carbocycles. The number of hydrogen-bond acceptors (Lipinski definition) is 8. The fourth-order valence-electron chi connectivity index (χ4n) is 8.94. The lowest BCUT2D eigenvalue weighted by atomic mass is 9.84. The zero-order valence-electron chi connectivity index (χ0n) is 74.5. The number of aromatic nitrogens is 2. The zero-order chi connectivity index (χ0) is 89.4. The molecular weight excluding hydrogens is 1490 g/mol. The van der Waals surface area contributed by atoms with Crippen molar-refractivity contribution in [2.45, 2.75) is 346 Å². The summed E-state index contributed by atoms with van der Waals surface area (Å²) in [6, 6.07) is 21.6. The third-order valence-corrected chi connectivity index (χ3v) is 17.2. The van der Waals surface area contributed by atoms with Crippen LogP contribution in [0.2, 0.25) is 0 Å². The number of alkyl halides is 13. The summed E-state index contributed by atoms with van der Waals surface area (Å²) in [5, 5.41) is 10.7. The van der Waals surface area contributed by atoms with Crippen LogP contribution in [0.5, 0.6) is 0 Å². The zero-order valence-corrected chi connectivity index (χ0v) is 75.3. The molecule has 0 saturated carbocycles. The van der Waals surface area contributed by atoms with Crippen LogP contribution in [0, 0.1) is 70.4 Å². The number of carbonyl (C=O) groups excluding carboxylic acids is 2. The summed E-state index contributed by atoms with van der Waals surface area (Å²) in [5.41, 5.74) is 7.21. The van der Waals surface area contributed by atoms with Crippen molar-refractivity contribution in [1.82, 2.24) is 20.4 Å². The van der Waals surface area contributed by atoms with Crippen molar-refractivity contribution in [3.63, 3.8) is 0 Å². The number of benzene rings is 3. The molecule has 0 fully saturated rings. The second-order valence-electron chi connectivity index (χ2n) is 35.2. The lowest BCUT2D eigenvalue weighted by Gasteiger charge is -2.31. The molecule has 4 aromatic rings. The monoisotopic (exact) mass is 1640 g/mol. The number of rotatable bonds is 20. The van der Waals surface area contributed by atoms with Gasteiger partial charge in [-0.3, -0.25) is 9.59 Å². The first kappa shape index (κ1) is 117. The van der Waals surface area contributed by atoms with Crippen LogP contribution < -0.4 is 5.32 Å². The molecule has 0 saturated heterocycles. The second-order valence-corrected chi connectivity index (χ2v) is 37.8. The van der Waals surface area contributed by atoms with E-state index in [0.29, 0.717) is 47.6 Å². The Kier molecular flexibility index (Phi) is 61.3. The van der Waals surface area contributed by atoms with Crippen molar-refractivity contribution >= 4 is 21.7 Å². The minimum atomic E-state index is -4.23. The predicted molar refractivity (Wildman–Crippen MR) is 439 cm³/mol. The number of nitrogens with one attached hydrogen (secondary N) is 1. The van der Waals surface area contributed by atoms with Gasteiger partial charge in [0.05, 0.1) is 22.9 Å². The minimum Gasteiger partial charge on any atom is -0.460 e. The third-order valence-electron chi connectivity index (χ3n) is 15.5. The molecule has 0 radical (unpaired) electrons. The standard InChI is InChI=1S/C12H17N.C11H13F3.C11H23NO.C10H13F.C8H12N2.C8H16O2.C7H16.C6H10F4.C6H11F3.C5H9F3.C4H10O2S/c1-9(2)6-10-4-3-5-11-7-13-8-12(10)11;1-8(2)7-9-3-5-10(6-4-9)11(12,13)14;1-8(2)7-11(13)12(9(3)4)10(5)6;1-8(2)7-9-5-3-4-6-10(9)11;1-7(2)5-8-3-4-9-10-6-8;1-6(2)7(9)10-8(3,4)5;1-6(2)7(3,4)5;1-4(2)3-6(9,10)5(7)8;1-5(2)3-4-6(7,8)9;1-4(2)3-5(6,7)8;1-4(2)7(3,5)6/h3-5,9,13H,6-8H2,1-2H3;3-6,8H,7H2,1-2H3;8-10H,7H2,1-6H3;3-6,8H,7H2,1-2H3;3-4,6-7H,5H2,1-2H3;6H,1-5H3;6H,1-5H3;4-5H,3H2,1-2H3;5H,3-4H2,1-2H3;4H,3H2,1-2H3;4H,1-3H3. The Labute approximate surface area is 670 Å². The van der Waals surface area contributed by atoms with Gasteiger partial charge in [0.15, 0.2) is 0 Å². The highest BCUT2D eigenvalue weighted by Crippen LogP contribution is 2.32. The highest BCUT2D eigenvalue weighted by molar-refractivity contribution is 7.91. The molecule has 1 aliphatic rings. The Bertz CT molecular complexity index is 3110. The molecule has 112 heavy (non-hydrogen) atoms. The van der Waals surface area contributed by atoms with Crippen LogP contribution in [0.25, 0.3) is 0 Å². The summed E-state index contributed by atoms with van der Waals surface area (Å²) in [5.74, 6) is -0.623. The topological polar surface area (TPSA) is 119 Å². The van der Waals surface area contributed by atoms with E-state index in [-0.39, 0.29) is 52.7 Å². The SMILES string of the molecule is CC(C)C(=O)OC(C)(C)C.CC(C)C(C)(C)C.CC(C)CC(=O)N(C(C)C)C(C)C.CC(C)CC(F)(F)C(F)F.CC(C)CC(F)(F)F.CC(C)CCC(F)(F)F.CC(C)Cc1ccc(C(F)(F)F)cc1.CC(C)Cc1cccc2c1CNC2.CC(C)Cc1ccccc1F.CC(C)Cc1ccnnc1.CC(C)S(C)(=O)=O. The number of amides is 1. The first-order valence-electron chi connectivity index (χ1n) is 39.4. The lowest BCUT2D eigenvalue weighted by Crippen LogP contribution is -2.42. The molecule has 656 valence electrons. The largest absolute Gasteiger partial charge is 0.460 e. The van der Waals surface area contributed by atoms with Crippen LogP contribution in [0.3, 0.4) is 0 Å². The molecule has 1 aliphatic heterocycles. The van der Waals surface area contributed by atoms with Gasteiger partial charge in [-0.15, -0.1) is 0 Å². The molecule has 2 heterocycles. The van der Waals surface area contributed by atoms with Crippen molar-refractivity contribution in [3.05, 3.63) is 130 Å². The second kappa shape index (κ2) is 58.5. The van der Waals surface area contributed by atoms with E-state index in [1.165, 1.54) is 49.3 Å². The number of hydrogen-bond donors (Lipinski definition) is 1. The number of fused-ring (bicyclic) bond motifs is 1. The fraction of sp³-hybridized carbons (Fsp3) is 0.727. The molecule has 1 amide bonds. The van der Waals surface area contributed by atoms with E-state index >= 15 is 0 Å². The summed E-state index contributed by atoms with van der Waals surface area (Å²) < 4.78 is 190. The van der Waals surface area contributed by atoms with Crippen LogP contribution in [0.15, 0.2) is 85.2 Å². The predicted octanol–water partition coefficient (Wildman–Crippen LogP) is 27.4. The van der Waals surface area contributed by atoms with E-state index in [2.05, 4.69) is 151 Å². The first-order chi connectivity index (χ1) is 50.4. The number of sulfone groups is 1. The van der Waals surface area contributed by atoms with Gasteiger partial charge in [0.2, 0.25) is 5.91 Å². The number of carbonyl (C=O) groups is 2. The summed E-state index contributed by atoms with van der Waals surface area (Å²) in [6.45, 7) is 65.3. The molecule has 0 unspecified atom stereocenters. The normalized spacial score (nSPS) is 12.3. The summed E-state index contributed by atoms with van der Waals surface area (Å²) in [7, 11) is -2.74. The Hall–Kier alpha value is -5.39. The molecule has 1 N–H and O–H groups in total. The average Bonchev–Trinajstić information content (AvgIpc) is 1.70. The van der Waals surface area contributed by atoms with Gasteiger partial charge in [0.25, 0.3) is 0 Å². The van der Waals surface area contributed by atoms with Crippen LogP contribution >= 0.6 is 0 Å². The van der Waals surface area contributed by atoms with E-state index in [4.69, 9.17) is 4.74 Å². The Morgan fingerprint density at radius 1 is 0.509 bits per heavy atom.